The smallest absolute Gasteiger partial charge is 0.214 e. The van der Waals surface area contributed by atoms with Crippen molar-refractivity contribution in [1.29, 1.82) is 0 Å². The number of nitrogens with zero attached hydrogens (tertiary/aromatic N) is 3. The van der Waals surface area contributed by atoms with Crippen molar-refractivity contribution in [2.45, 2.75) is 0 Å². The van der Waals surface area contributed by atoms with Crippen molar-refractivity contribution in [3.8, 4) is 17.0 Å². The molecular weight excluding hydrogens is 375 g/mol. The lowest BCUT2D eigenvalue weighted by molar-refractivity contribution is 0.333. The Labute approximate surface area is 158 Å². The predicted molar refractivity (Wildman–Crippen MR) is 102 cm³/mol. The lowest BCUT2D eigenvalue weighted by Gasteiger charge is -2.06. The molecular formula is C18H14ClFN4OS. The summed E-state index contributed by atoms with van der Waals surface area (Å²) in [6, 6.07) is 14.2. The molecule has 2 heterocycles. The highest BCUT2D eigenvalue weighted by atomic mass is 35.5. The largest absolute Gasteiger partial charge is 0.492 e. The summed E-state index contributed by atoms with van der Waals surface area (Å²) in [7, 11) is 0. The number of para-hydroxylation sites is 1. The second-order valence-electron chi connectivity index (χ2n) is 5.46. The monoisotopic (exact) mass is 388 g/mol. The minimum absolute atomic E-state index is 0.0732. The van der Waals surface area contributed by atoms with E-state index in [9.17, 15) is 4.39 Å². The Kier molecular flexibility index (Phi) is 4.73. The van der Waals surface area contributed by atoms with E-state index in [0.29, 0.717) is 13.2 Å². The number of anilines is 1. The Bertz CT molecular complexity index is 1030. The van der Waals surface area contributed by atoms with E-state index in [-0.39, 0.29) is 5.02 Å². The molecule has 26 heavy (non-hydrogen) atoms. The van der Waals surface area contributed by atoms with Gasteiger partial charge in [-0.3, -0.25) is 0 Å². The summed E-state index contributed by atoms with van der Waals surface area (Å²) in [5.74, 6) is 0.383. The summed E-state index contributed by atoms with van der Waals surface area (Å²) in [6.07, 6.45) is 1.70. The number of hydrogen-bond acceptors (Lipinski definition) is 5. The Balaban J connectivity index is 1.45. The second-order valence-corrected chi connectivity index (χ2v) is 6.83. The van der Waals surface area contributed by atoms with Crippen LogP contribution in [0.25, 0.3) is 16.2 Å². The Morgan fingerprint density at radius 3 is 2.85 bits per heavy atom. The normalized spacial score (nSPS) is 11.0. The molecule has 4 aromatic rings. The van der Waals surface area contributed by atoms with Crippen LogP contribution in [0.1, 0.15) is 0 Å². The van der Waals surface area contributed by atoms with Crippen molar-refractivity contribution in [3.05, 3.63) is 65.6 Å². The molecule has 1 N–H and O–H groups in total. The molecule has 0 fully saturated rings. The summed E-state index contributed by atoms with van der Waals surface area (Å²) >= 11 is 7.31. The number of halogens is 2. The topological polar surface area (TPSA) is 51.5 Å². The van der Waals surface area contributed by atoms with Crippen molar-refractivity contribution < 1.29 is 9.13 Å². The summed E-state index contributed by atoms with van der Waals surface area (Å²) in [5, 5.41) is 8.55. The third-order valence-electron chi connectivity index (χ3n) is 3.69. The number of rotatable bonds is 6. The van der Waals surface area contributed by atoms with E-state index < -0.39 is 5.82 Å². The van der Waals surface area contributed by atoms with Crippen LogP contribution in [0.15, 0.2) is 54.7 Å². The van der Waals surface area contributed by atoms with Crippen LogP contribution in [0.5, 0.6) is 5.75 Å². The van der Waals surface area contributed by atoms with Crippen molar-refractivity contribution in [2.24, 2.45) is 0 Å². The minimum atomic E-state index is -0.449. The highest BCUT2D eigenvalue weighted by molar-refractivity contribution is 7.20. The van der Waals surface area contributed by atoms with E-state index in [1.807, 2.05) is 30.3 Å². The summed E-state index contributed by atoms with van der Waals surface area (Å²) < 4.78 is 20.7. The maximum atomic E-state index is 13.4. The van der Waals surface area contributed by atoms with Gasteiger partial charge < -0.3 is 10.1 Å². The molecule has 0 atom stereocenters. The first-order valence-electron chi connectivity index (χ1n) is 7.92. The Morgan fingerprint density at radius 1 is 1.19 bits per heavy atom. The molecule has 0 amide bonds. The van der Waals surface area contributed by atoms with Crippen LogP contribution < -0.4 is 10.1 Å². The van der Waals surface area contributed by atoms with Crippen molar-refractivity contribution in [1.82, 2.24) is 14.6 Å². The molecule has 0 aliphatic carbocycles. The van der Waals surface area contributed by atoms with Gasteiger partial charge in [-0.2, -0.15) is 0 Å². The predicted octanol–water partition coefficient (Wildman–Crippen LogP) is 4.74. The van der Waals surface area contributed by atoms with Crippen LogP contribution >= 0.6 is 22.9 Å². The molecule has 0 aliphatic heterocycles. The quantitative estimate of drug-likeness (QED) is 0.485. The molecule has 0 radical (unpaired) electrons. The summed E-state index contributed by atoms with van der Waals surface area (Å²) in [4.78, 5) is 5.10. The van der Waals surface area contributed by atoms with Gasteiger partial charge >= 0.3 is 0 Å². The second kappa shape index (κ2) is 7.31. The molecule has 2 aromatic heterocycles. The van der Waals surface area contributed by atoms with E-state index >= 15 is 0 Å². The summed E-state index contributed by atoms with van der Waals surface area (Å²) in [5.41, 5.74) is 1.51. The summed E-state index contributed by atoms with van der Waals surface area (Å²) in [6.45, 7) is 1.13. The van der Waals surface area contributed by atoms with Gasteiger partial charge in [0.2, 0.25) is 10.1 Å². The average molecular weight is 389 g/mol. The number of hydrogen-bond donors (Lipinski definition) is 1. The van der Waals surface area contributed by atoms with E-state index in [4.69, 9.17) is 16.3 Å². The first kappa shape index (κ1) is 16.8. The van der Waals surface area contributed by atoms with Crippen LogP contribution in [0.4, 0.5) is 9.52 Å². The molecule has 4 rings (SSSR count). The van der Waals surface area contributed by atoms with E-state index in [2.05, 4.69) is 15.4 Å². The van der Waals surface area contributed by atoms with E-state index in [1.54, 1.807) is 22.8 Å². The third kappa shape index (κ3) is 3.49. The zero-order valence-corrected chi connectivity index (χ0v) is 15.1. The lowest BCUT2D eigenvalue weighted by Crippen LogP contribution is -2.11. The van der Waals surface area contributed by atoms with Crippen molar-refractivity contribution >= 4 is 33.0 Å². The van der Waals surface area contributed by atoms with Gasteiger partial charge in [0.25, 0.3) is 0 Å². The standard InChI is InChI=1S/C18H14ClFN4OS/c19-14-10-12(6-7-15(14)20)16-11-22-18-24(16)23-17(26-18)21-8-9-25-13-4-2-1-3-5-13/h1-7,10-11H,8-9H2,(H,21,23). The van der Waals surface area contributed by atoms with Gasteiger partial charge in [-0.05, 0) is 30.3 Å². The zero-order valence-electron chi connectivity index (χ0n) is 13.5. The lowest BCUT2D eigenvalue weighted by atomic mass is 10.2. The average Bonchev–Trinajstić information content (AvgIpc) is 3.22. The zero-order chi connectivity index (χ0) is 17.9. The number of fused-ring (bicyclic) bond motifs is 1. The number of nitrogens with one attached hydrogen (secondary N) is 1. The van der Waals surface area contributed by atoms with Gasteiger partial charge in [-0.15, -0.1) is 5.10 Å². The van der Waals surface area contributed by atoms with Crippen LogP contribution in [0.2, 0.25) is 5.02 Å². The first-order chi connectivity index (χ1) is 12.7. The molecule has 0 unspecified atom stereocenters. The van der Waals surface area contributed by atoms with Crippen molar-refractivity contribution in [2.75, 3.05) is 18.5 Å². The molecule has 0 saturated carbocycles. The number of benzene rings is 2. The number of imidazole rings is 1. The van der Waals surface area contributed by atoms with Gasteiger partial charge in [0, 0.05) is 5.56 Å². The van der Waals surface area contributed by atoms with Gasteiger partial charge in [0.1, 0.15) is 18.2 Å². The highest BCUT2D eigenvalue weighted by Gasteiger charge is 2.12. The molecule has 5 nitrogen and oxygen atoms in total. The minimum Gasteiger partial charge on any atom is -0.492 e. The third-order valence-corrected chi connectivity index (χ3v) is 4.86. The molecule has 8 heteroatoms. The SMILES string of the molecule is Fc1ccc(-c2cnc3sc(NCCOc4ccccc4)nn23)cc1Cl. The van der Waals surface area contributed by atoms with Gasteiger partial charge in [-0.1, -0.05) is 41.1 Å². The molecule has 0 spiro atoms. The maximum Gasteiger partial charge on any atom is 0.214 e. The fraction of sp³-hybridized carbons (Fsp3) is 0.111. The fourth-order valence-electron chi connectivity index (χ4n) is 2.46. The Morgan fingerprint density at radius 2 is 2.04 bits per heavy atom. The van der Waals surface area contributed by atoms with Crippen LogP contribution in [-0.4, -0.2) is 27.7 Å². The molecule has 0 bridgehead atoms. The van der Waals surface area contributed by atoms with E-state index in [1.165, 1.54) is 17.4 Å². The van der Waals surface area contributed by atoms with Gasteiger partial charge in [0.15, 0.2) is 0 Å². The maximum absolute atomic E-state index is 13.4. The van der Waals surface area contributed by atoms with Gasteiger partial charge in [-0.25, -0.2) is 13.9 Å². The van der Waals surface area contributed by atoms with Gasteiger partial charge in [0.05, 0.1) is 23.5 Å². The fourth-order valence-corrected chi connectivity index (χ4v) is 3.44. The number of ether oxygens (including phenoxy) is 1. The molecule has 132 valence electrons. The Hall–Kier alpha value is -2.64. The highest BCUT2D eigenvalue weighted by Crippen LogP contribution is 2.28. The first-order valence-corrected chi connectivity index (χ1v) is 9.12. The van der Waals surface area contributed by atoms with Crippen LogP contribution in [0, 0.1) is 5.82 Å². The number of aromatic nitrogens is 3. The van der Waals surface area contributed by atoms with Crippen LogP contribution in [-0.2, 0) is 0 Å². The molecule has 0 saturated heterocycles. The molecule has 2 aromatic carbocycles. The van der Waals surface area contributed by atoms with Crippen LogP contribution in [0.3, 0.4) is 0 Å². The van der Waals surface area contributed by atoms with Crippen molar-refractivity contribution in [3.63, 3.8) is 0 Å². The van der Waals surface area contributed by atoms with E-state index in [0.717, 1.165) is 27.1 Å². The molecule has 0 aliphatic rings.